The fourth-order valence-electron chi connectivity index (χ4n) is 1.77. The van der Waals surface area contributed by atoms with Crippen molar-refractivity contribution in [3.8, 4) is 0 Å². The van der Waals surface area contributed by atoms with E-state index < -0.39 is 0 Å². The Morgan fingerprint density at radius 3 is 2.69 bits per heavy atom. The van der Waals surface area contributed by atoms with Gasteiger partial charge in [0.1, 0.15) is 0 Å². The van der Waals surface area contributed by atoms with Crippen LogP contribution in [-0.2, 0) is 13.0 Å². The van der Waals surface area contributed by atoms with E-state index in [2.05, 4.69) is 38.5 Å². The second kappa shape index (κ2) is 5.85. The lowest BCUT2D eigenvalue weighted by molar-refractivity contribution is 0.561. The molecule has 1 aromatic rings. The lowest BCUT2D eigenvalue weighted by Gasteiger charge is -2.13. The molecular formula is C13H23N3. The lowest BCUT2D eigenvalue weighted by Crippen LogP contribution is -2.16. The Labute approximate surface area is 98.3 Å². The molecule has 0 spiro atoms. The van der Waals surface area contributed by atoms with Crippen LogP contribution in [0.25, 0.3) is 0 Å². The molecule has 0 aliphatic heterocycles. The Morgan fingerprint density at radius 2 is 2.19 bits per heavy atom. The molecule has 0 amide bonds. The van der Waals surface area contributed by atoms with Gasteiger partial charge in [-0.1, -0.05) is 26.0 Å². The molecule has 0 radical (unpaired) electrons. The van der Waals surface area contributed by atoms with Crippen LogP contribution in [0.2, 0.25) is 0 Å². The van der Waals surface area contributed by atoms with Crippen molar-refractivity contribution in [1.82, 2.24) is 9.78 Å². The topological polar surface area (TPSA) is 43.8 Å². The minimum atomic E-state index is 0.0280. The maximum absolute atomic E-state index is 6.19. The van der Waals surface area contributed by atoms with Crippen molar-refractivity contribution in [3.05, 3.63) is 29.6 Å². The van der Waals surface area contributed by atoms with Crippen LogP contribution in [-0.4, -0.2) is 9.78 Å². The van der Waals surface area contributed by atoms with Gasteiger partial charge in [0.05, 0.1) is 17.4 Å². The quantitative estimate of drug-likeness (QED) is 0.751. The molecule has 0 aliphatic rings. The first kappa shape index (κ1) is 13.0. The average molecular weight is 221 g/mol. The van der Waals surface area contributed by atoms with Gasteiger partial charge in [0, 0.05) is 6.54 Å². The molecule has 0 saturated heterocycles. The van der Waals surface area contributed by atoms with Crippen LogP contribution in [0.5, 0.6) is 0 Å². The number of rotatable bonds is 6. The SMILES string of the molecule is C=C(CC)CC(N)c1cc(CC)nn1CC. The highest BCUT2D eigenvalue weighted by Gasteiger charge is 2.13. The van der Waals surface area contributed by atoms with E-state index in [-0.39, 0.29) is 6.04 Å². The van der Waals surface area contributed by atoms with Crippen LogP contribution >= 0.6 is 0 Å². The van der Waals surface area contributed by atoms with Crippen LogP contribution in [0, 0.1) is 0 Å². The fourth-order valence-corrected chi connectivity index (χ4v) is 1.77. The number of hydrogen-bond donors (Lipinski definition) is 1. The summed E-state index contributed by atoms with van der Waals surface area (Å²) in [6, 6.07) is 2.15. The van der Waals surface area contributed by atoms with E-state index >= 15 is 0 Å². The molecule has 90 valence electrons. The van der Waals surface area contributed by atoms with Crippen LogP contribution in [0.3, 0.4) is 0 Å². The molecular weight excluding hydrogens is 198 g/mol. The highest BCUT2D eigenvalue weighted by molar-refractivity contribution is 5.16. The van der Waals surface area contributed by atoms with Gasteiger partial charge in [0.15, 0.2) is 0 Å². The summed E-state index contributed by atoms with van der Waals surface area (Å²) in [6.45, 7) is 11.2. The van der Waals surface area contributed by atoms with Gasteiger partial charge in [-0.15, -0.1) is 0 Å². The maximum atomic E-state index is 6.19. The van der Waals surface area contributed by atoms with Gasteiger partial charge in [-0.05, 0) is 32.3 Å². The zero-order chi connectivity index (χ0) is 12.1. The molecule has 3 nitrogen and oxygen atoms in total. The number of aryl methyl sites for hydroxylation is 2. The number of aromatic nitrogens is 2. The molecule has 2 N–H and O–H groups in total. The van der Waals surface area contributed by atoms with Gasteiger partial charge in [-0.3, -0.25) is 4.68 Å². The van der Waals surface area contributed by atoms with Gasteiger partial charge >= 0.3 is 0 Å². The van der Waals surface area contributed by atoms with E-state index in [0.29, 0.717) is 0 Å². The predicted octanol–water partition coefficient (Wildman–Crippen LogP) is 2.82. The Bertz CT molecular complexity index is 352. The van der Waals surface area contributed by atoms with Crippen LogP contribution in [0.1, 0.15) is 51.0 Å². The van der Waals surface area contributed by atoms with Crippen molar-refractivity contribution in [2.24, 2.45) is 5.73 Å². The molecule has 16 heavy (non-hydrogen) atoms. The third kappa shape index (κ3) is 2.95. The second-order valence-electron chi connectivity index (χ2n) is 4.14. The Balaban J connectivity index is 2.84. The standard InChI is InChI=1S/C13H23N3/c1-5-10(4)8-12(14)13-9-11(6-2)15-16(13)7-3/h9,12H,4-8,14H2,1-3H3. The third-order valence-corrected chi connectivity index (χ3v) is 2.91. The van der Waals surface area contributed by atoms with Crippen molar-refractivity contribution in [2.75, 3.05) is 0 Å². The number of hydrogen-bond acceptors (Lipinski definition) is 2. The first-order chi connectivity index (χ1) is 7.62. The minimum Gasteiger partial charge on any atom is -0.322 e. The summed E-state index contributed by atoms with van der Waals surface area (Å²) < 4.78 is 2.01. The fraction of sp³-hybridized carbons (Fsp3) is 0.615. The average Bonchev–Trinajstić information content (AvgIpc) is 2.71. The van der Waals surface area contributed by atoms with Crippen LogP contribution in [0.4, 0.5) is 0 Å². The summed E-state index contributed by atoms with van der Waals surface area (Å²) in [4.78, 5) is 0. The van der Waals surface area contributed by atoms with E-state index in [1.807, 2.05) is 4.68 Å². The highest BCUT2D eigenvalue weighted by atomic mass is 15.3. The van der Waals surface area contributed by atoms with Gasteiger partial charge in [0.25, 0.3) is 0 Å². The largest absolute Gasteiger partial charge is 0.322 e. The summed E-state index contributed by atoms with van der Waals surface area (Å²) >= 11 is 0. The van der Waals surface area contributed by atoms with Crippen molar-refractivity contribution >= 4 is 0 Å². The Kier molecular flexibility index (Phi) is 4.74. The summed E-state index contributed by atoms with van der Waals surface area (Å²) in [6.07, 6.45) is 2.81. The third-order valence-electron chi connectivity index (χ3n) is 2.91. The summed E-state index contributed by atoms with van der Waals surface area (Å²) in [5.41, 5.74) is 9.65. The predicted molar refractivity (Wildman–Crippen MR) is 68.3 cm³/mol. The molecule has 0 aromatic carbocycles. The van der Waals surface area contributed by atoms with E-state index in [9.17, 15) is 0 Å². The summed E-state index contributed by atoms with van der Waals surface area (Å²) in [7, 11) is 0. The molecule has 3 heteroatoms. The molecule has 1 atom stereocenters. The normalized spacial score (nSPS) is 12.8. The molecule has 0 aliphatic carbocycles. The molecule has 1 aromatic heterocycles. The lowest BCUT2D eigenvalue weighted by atomic mass is 10.0. The molecule has 1 heterocycles. The van der Waals surface area contributed by atoms with Crippen molar-refractivity contribution in [1.29, 1.82) is 0 Å². The van der Waals surface area contributed by atoms with E-state index in [1.54, 1.807) is 0 Å². The van der Waals surface area contributed by atoms with Crippen LogP contribution in [0.15, 0.2) is 18.2 Å². The zero-order valence-corrected chi connectivity index (χ0v) is 10.7. The van der Waals surface area contributed by atoms with E-state index in [4.69, 9.17) is 5.73 Å². The molecule has 1 unspecified atom stereocenters. The molecule has 0 saturated carbocycles. The number of nitrogens with two attached hydrogens (primary N) is 1. The van der Waals surface area contributed by atoms with Gasteiger partial charge in [-0.25, -0.2) is 0 Å². The van der Waals surface area contributed by atoms with Crippen molar-refractivity contribution in [3.63, 3.8) is 0 Å². The van der Waals surface area contributed by atoms with Crippen LogP contribution < -0.4 is 5.73 Å². The van der Waals surface area contributed by atoms with Crippen molar-refractivity contribution in [2.45, 2.75) is 52.6 Å². The van der Waals surface area contributed by atoms with E-state index in [1.165, 1.54) is 5.57 Å². The smallest absolute Gasteiger partial charge is 0.0625 e. The van der Waals surface area contributed by atoms with Gasteiger partial charge in [-0.2, -0.15) is 5.10 Å². The molecule has 1 rings (SSSR count). The Hall–Kier alpha value is -1.09. The summed E-state index contributed by atoms with van der Waals surface area (Å²) in [5, 5.41) is 4.51. The maximum Gasteiger partial charge on any atom is 0.0625 e. The Morgan fingerprint density at radius 1 is 1.50 bits per heavy atom. The first-order valence-electron chi connectivity index (χ1n) is 6.11. The monoisotopic (exact) mass is 221 g/mol. The molecule has 0 bridgehead atoms. The van der Waals surface area contributed by atoms with Gasteiger partial charge < -0.3 is 5.73 Å². The summed E-state index contributed by atoms with van der Waals surface area (Å²) in [5.74, 6) is 0. The first-order valence-corrected chi connectivity index (χ1v) is 6.11. The molecule has 0 fully saturated rings. The van der Waals surface area contributed by atoms with E-state index in [0.717, 1.165) is 37.2 Å². The number of nitrogens with zero attached hydrogens (tertiary/aromatic N) is 2. The van der Waals surface area contributed by atoms with Gasteiger partial charge in [0.2, 0.25) is 0 Å². The van der Waals surface area contributed by atoms with Crippen molar-refractivity contribution < 1.29 is 0 Å². The highest BCUT2D eigenvalue weighted by Crippen LogP contribution is 2.20. The second-order valence-corrected chi connectivity index (χ2v) is 4.14. The zero-order valence-electron chi connectivity index (χ0n) is 10.7. The minimum absolute atomic E-state index is 0.0280.